The summed E-state index contributed by atoms with van der Waals surface area (Å²) in [5, 5.41) is 0. The molecule has 94 valence electrons. The monoisotopic (exact) mass is 242 g/mol. The van der Waals surface area contributed by atoms with Gasteiger partial charge in [0.2, 0.25) is 0 Å². The maximum atomic E-state index is 2.22. The van der Waals surface area contributed by atoms with Gasteiger partial charge in [0.05, 0.1) is 0 Å². The van der Waals surface area contributed by atoms with Crippen molar-refractivity contribution >= 4 is 0 Å². The van der Waals surface area contributed by atoms with Gasteiger partial charge < -0.3 is 0 Å². The van der Waals surface area contributed by atoms with Gasteiger partial charge in [0.25, 0.3) is 0 Å². The highest BCUT2D eigenvalue weighted by Gasteiger charge is 2.01. The molecule has 0 unspecified atom stereocenters. The number of pyridine rings is 2. The summed E-state index contributed by atoms with van der Waals surface area (Å²) in [6.07, 6.45) is 10.9. The van der Waals surface area contributed by atoms with Crippen molar-refractivity contribution in [1.82, 2.24) is 0 Å². The van der Waals surface area contributed by atoms with Crippen LogP contribution in [0, 0.1) is 0 Å². The normalized spacial score (nSPS) is 10.6. The maximum Gasteiger partial charge on any atom is 0.169 e. The highest BCUT2D eigenvalue weighted by molar-refractivity contribution is 5.13. The van der Waals surface area contributed by atoms with Crippen LogP contribution in [0.2, 0.25) is 0 Å². The lowest BCUT2D eigenvalue weighted by atomic mass is 10.1. The zero-order valence-electron chi connectivity index (χ0n) is 11.3. The Bertz CT molecular complexity index is 424. The van der Waals surface area contributed by atoms with Crippen molar-refractivity contribution in [3.05, 3.63) is 60.2 Å². The van der Waals surface area contributed by atoms with Crippen molar-refractivity contribution in [2.24, 2.45) is 0 Å². The van der Waals surface area contributed by atoms with E-state index in [1.165, 1.54) is 11.1 Å². The minimum atomic E-state index is 1.04. The molecule has 0 radical (unpaired) electrons. The fraction of sp³-hybridized carbons (Fsp3) is 0.375. The van der Waals surface area contributed by atoms with Crippen LogP contribution in [0.5, 0.6) is 0 Å². The molecule has 0 atom stereocenters. The molecule has 2 nitrogen and oxygen atoms in total. The van der Waals surface area contributed by atoms with Gasteiger partial charge in [0.1, 0.15) is 13.1 Å². The van der Waals surface area contributed by atoms with E-state index in [1.54, 1.807) is 0 Å². The van der Waals surface area contributed by atoms with Crippen LogP contribution in [-0.2, 0) is 25.9 Å². The molecule has 0 aliphatic heterocycles. The maximum absolute atomic E-state index is 2.22. The van der Waals surface area contributed by atoms with Crippen LogP contribution >= 0.6 is 0 Å². The van der Waals surface area contributed by atoms with Gasteiger partial charge in [0.15, 0.2) is 24.8 Å². The minimum Gasteiger partial charge on any atom is -0.205 e. The minimum absolute atomic E-state index is 1.04. The summed E-state index contributed by atoms with van der Waals surface area (Å²) in [4.78, 5) is 0. The number of aryl methyl sites for hydroxylation is 4. The highest BCUT2D eigenvalue weighted by Crippen LogP contribution is 2.04. The summed E-state index contributed by atoms with van der Waals surface area (Å²) >= 11 is 0. The molecule has 0 saturated heterocycles. The molecule has 0 spiro atoms. The van der Waals surface area contributed by atoms with Crippen LogP contribution in [-0.4, -0.2) is 0 Å². The molecule has 2 heteroatoms. The number of aromatic nitrogens is 2. The predicted molar refractivity (Wildman–Crippen MR) is 72.0 cm³/mol. The van der Waals surface area contributed by atoms with Crippen molar-refractivity contribution in [2.75, 3.05) is 0 Å². The van der Waals surface area contributed by atoms with Crippen LogP contribution in [0.4, 0.5) is 0 Å². The Labute approximate surface area is 110 Å². The lowest BCUT2D eigenvalue weighted by Crippen LogP contribution is -2.31. The Morgan fingerprint density at radius 2 is 1.00 bits per heavy atom. The average molecular weight is 242 g/mol. The Hall–Kier alpha value is -1.70. The lowest BCUT2D eigenvalue weighted by molar-refractivity contribution is -0.693. The number of rotatable bonds is 5. The summed E-state index contributed by atoms with van der Waals surface area (Å²) in [6.45, 7) is 6.39. The van der Waals surface area contributed by atoms with Crippen molar-refractivity contribution in [3.63, 3.8) is 0 Å². The average Bonchev–Trinajstić information content (AvgIpc) is 2.46. The first-order valence-corrected chi connectivity index (χ1v) is 6.77. The number of nitrogens with zero attached hydrogens (tertiary/aromatic N) is 2. The smallest absolute Gasteiger partial charge is 0.169 e. The highest BCUT2D eigenvalue weighted by atomic mass is 14.9. The number of hydrogen-bond acceptors (Lipinski definition) is 0. The molecule has 18 heavy (non-hydrogen) atoms. The van der Waals surface area contributed by atoms with Gasteiger partial charge in [0, 0.05) is 24.3 Å². The first kappa shape index (κ1) is 12.7. The Morgan fingerprint density at radius 3 is 1.28 bits per heavy atom. The third kappa shape index (κ3) is 3.39. The molecule has 0 saturated carbocycles. The van der Waals surface area contributed by atoms with Crippen LogP contribution in [0.1, 0.15) is 25.0 Å². The second kappa shape index (κ2) is 6.29. The molecule has 0 aliphatic carbocycles. The third-order valence-electron chi connectivity index (χ3n) is 3.35. The Balaban J connectivity index is 1.93. The first-order valence-electron chi connectivity index (χ1n) is 6.77. The van der Waals surface area contributed by atoms with E-state index in [9.17, 15) is 0 Å². The predicted octanol–water partition coefficient (Wildman–Crippen LogP) is 2.09. The fourth-order valence-corrected chi connectivity index (χ4v) is 2.02. The van der Waals surface area contributed by atoms with E-state index in [4.69, 9.17) is 0 Å². The molecule has 0 aromatic carbocycles. The number of hydrogen-bond donors (Lipinski definition) is 0. The van der Waals surface area contributed by atoms with Gasteiger partial charge in [-0.05, 0) is 37.8 Å². The van der Waals surface area contributed by atoms with Crippen molar-refractivity contribution in [1.29, 1.82) is 0 Å². The van der Waals surface area contributed by atoms with E-state index >= 15 is 0 Å². The van der Waals surface area contributed by atoms with Gasteiger partial charge >= 0.3 is 0 Å². The zero-order chi connectivity index (χ0) is 12.8. The Morgan fingerprint density at radius 1 is 0.667 bits per heavy atom. The summed E-state index contributed by atoms with van der Waals surface area (Å²) < 4.78 is 4.38. The van der Waals surface area contributed by atoms with E-state index in [1.807, 2.05) is 0 Å². The van der Waals surface area contributed by atoms with E-state index < -0.39 is 0 Å². The van der Waals surface area contributed by atoms with Gasteiger partial charge in [-0.1, -0.05) is 0 Å². The van der Waals surface area contributed by atoms with Crippen LogP contribution < -0.4 is 9.13 Å². The molecular formula is C16H22N2+2. The molecular weight excluding hydrogens is 220 g/mol. The van der Waals surface area contributed by atoms with Crippen LogP contribution in [0.3, 0.4) is 0 Å². The molecule has 2 aromatic rings. The van der Waals surface area contributed by atoms with Crippen molar-refractivity contribution < 1.29 is 9.13 Å². The molecule has 0 amide bonds. The topological polar surface area (TPSA) is 7.76 Å². The molecule has 2 aromatic heterocycles. The van der Waals surface area contributed by atoms with Gasteiger partial charge in [-0.3, -0.25) is 0 Å². The van der Waals surface area contributed by atoms with Crippen LogP contribution in [0.15, 0.2) is 49.1 Å². The lowest BCUT2D eigenvalue weighted by Gasteiger charge is -2.01. The van der Waals surface area contributed by atoms with Gasteiger partial charge in [-0.25, -0.2) is 9.13 Å². The summed E-state index contributed by atoms with van der Waals surface area (Å²) in [7, 11) is 0. The van der Waals surface area contributed by atoms with Crippen molar-refractivity contribution in [2.45, 2.75) is 39.8 Å². The van der Waals surface area contributed by atoms with Gasteiger partial charge in [-0.2, -0.15) is 0 Å². The fourth-order valence-electron chi connectivity index (χ4n) is 2.02. The summed E-state index contributed by atoms with van der Waals surface area (Å²) in [5.74, 6) is 0. The summed E-state index contributed by atoms with van der Waals surface area (Å²) in [6, 6.07) is 8.88. The van der Waals surface area contributed by atoms with Gasteiger partial charge in [-0.15, -0.1) is 0 Å². The zero-order valence-corrected chi connectivity index (χ0v) is 11.3. The second-order valence-electron chi connectivity index (χ2n) is 4.57. The first-order chi connectivity index (χ1) is 8.81. The quantitative estimate of drug-likeness (QED) is 0.709. The van der Waals surface area contributed by atoms with E-state index in [0.29, 0.717) is 0 Å². The third-order valence-corrected chi connectivity index (χ3v) is 3.35. The van der Waals surface area contributed by atoms with E-state index in [2.05, 4.69) is 72.0 Å². The molecule has 0 N–H and O–H groups in total. The summed E-state index contributed by atoms with van der Waals surface area (Å²) in [5.41, 5.74) is 2.82. The largest absolute Gasteiger partial charge is 0.205 e. The van der Waals surface area contributed by atoms with Crippen LogP contribution in [0.25, 0.3) is 0 Å². The molecule has 2 heterocycles. The molecule has 0 aliphatic rings. The standard InChI is InChI=1S/C16H22N2/c1-3-17-11-7-15(8-12-17)5-6-16-9-13-18(4-2)14-10-16/h7-14H,3-6H2,1-2H3/q+2. The molecule has 2 rings (SSSR count). The Kier molecular flexibility index (Phi) is 4.46. The SMILES string of the molecule is CC[n+]1ccc(CCc2cc[n+](CC)cc2)cc1. The molecule has 0 fully saturated rings. The second-order valence-corrected chi connectivity index (χ2v) is 4.57. The van der Waals surface area contributed by atoms with E-state index in [0.717, 1.165) is 25.9 Å². The van der Waals surface area contributed by atoms with E-state index in [-0.39, 0.29) is 0 Å². The van der Waals surface area contributed by atoms with Crippen molar-refractivity contribution in [3.8, 4) is 0 Å². The molecule has 0 bridgehead atoms.